The lowest BCUT2D eigenvalue weighted by Crippen LogP contribution is -2.32. The van der Waals surface area contributed by atoms with Crippen LogP contribution in [0.5, 0.6) is 0 Å². The van der Waals surface area contributed by atoms with Gasteiger partial charge in [0.2, 0.25) is 0 Å². The zero-order valence-electron chi connectivity index (χ0n) is 10.0. The van der Waals surface area contributed by atoms with Crippen LogP contribution >= 0.6 is 11.6 Å². The third kappa shape index (κ3) is 2.09. The lowest BCUT2D eigenvalue weighted by Gasteiger charge is -2.26. The van der Waals surface area contributed by atoms with Crippen molar-refractivity contribution < 1.29 is 9.84 Å². The molecule has 0 heterocycles. The largest absolute Gasteiger partial charge is 0.391 e. The Bertz CT molecular complexity index is 327. The normalized spacial score (nSPS) is 41.9. The number of ether oxygens (including phenoxy) is 1. The number of fused-ring (bicyclic) bond motifs is 2. The van der Waals surface area contributed by atoms with Gasteiger partial charge < -0.3 is 9.84 Å². The van der Waals surface area contributed by atoms with E-state index in [1.54, 1.807) is 7.11 Å². The molecular formula is C13H19ClO2. The lowest BCUT2D eigenvalue weighted by atomic mass is 9.87. The van der Waals surface area contributed by atoms with E-state index in [2.05, 4.69) is 11.8 Å². The van der Waals surface area contributed by atoms with Crippen molar-refractivity contribution >= 4 is 11.6 Å². The van der Waals surface area contributed by atoms with Crippen LogP contribution in [0, 0.1) is 29.6 Å². The molecule has 5 unspecified atom stereocenters. The maximum absolute atomic E-state index is 9.78. The van der Waals surface area contributed by atoms with Gasteiger partial charge in [-0.2, -0.15) is 0 Å². The fourth-order valence-electron chi connectivity index (χ4n) is 2.74. The van der Waals surface area contributed by atoms with E-state index in [9.17, 15) is 5.11 Å². The second-order valence-corrected chi connectivity index (χ2v) is 5.92. The Balaban J connectivity index is 2.05. The van der Waals surface area contributed by atoms with Crippen molar-refractivity contribution in [3.63, 3.8) is 0 Å². The van der Waals surface area contributed by atoms with Crippen LogP contribution in [0.2, 0.25) is 0 Å². The fourth-order valence-corrected chi connectivity index (χ4v) is 3.22. The topological polar surface area (TPSA) is 29.5 Å². The molecule has 16 heavy (non-hydrogen) atoms. The van der Waals surface area contributed by atoms with Gasteiger partial charge in [-0.15, -0.1) is 11.6 Å². The molecule has 2 saturated carbocycles. The highest BCUT2D eigenvalue weighted by molar-refractivity contribution is 6.21. The maximum atomic E-state index is 9.78. The molecule has 2 bridgehead atoms. The Morgan fingerprint density at radius 1 is 1.38 bits per heavy atom. The minimum Gasteiger partial charge on any atom is -0.391 e. The van der Waals surface area contributed by atoms with Gasteiger partial charge in [0.05, 0.1) is 11.5 Å². The van der Waals surface area contributed by atoms with Gasteiger partial charge in [-0.1, -0.05) is 11.8 Å². The third-order valence-electron chi connectivity index (χ3n) is 3.94. The maximum Gasteiger partial charge on any atom is 0.122 e. The monoisotopic (exact) mass is 242 g/mol. The highest BCUT2D eigenvalue weighted by Gasteiger charge is 2.51. The molecule has 1 N–H and O–H groups in total. The summed E-state index contributed by atoms with van der Waals surface area (Å²) in [5.41, 5.74) is -0.387. The van der Waals surface area contributed by atoms with E-state index in [4.69, 9.17) is 16.3 Å². The van der Waals surface area contributed by atoms with E-state index in [1.807, 2.05) is 13.8 Å². The third-order valence-corrected chi connectivity index (χ3v) is 4.52. The summed E-state index contributed by atoms with van der Waals surface area (Å²) >= 11 is 6.19. The Morgan fingerprint density at radius 3 is 2.56 bits per heavy atom. The molecule has 0 amide bonds. The summed E-state index contributed by atoms with van der Waals surface area (Å²) in [5.74, 6) is 7.50. The van der Waals surface area contributed by atoms with Gasteiger partial charge in [0, 0.05) is 13.0 Å². The molecule has 0 aliphatic heterocycles. The zero-order chi connectivity index (χ0) is 11.9. The van der Waals surface area contributed by atoms with Crippen molar-refractivity contribution in [3.8, 4) is 11.8 Å². The average Bonchev–Trinajstić information content (AvgIpc) is 2.77. The summed E-state index contributed by atoms with van der Waals surface area (Å²) in [6, 6.07) is 0. The van der Waals surface area contributed by atoms with Gasteiger partial charge in [-0.25, -0.2) is 0 Å². The van der Waals surface area contributed by atoms with Crippen LogP contribution in [0.15, 0.2) is 0 Å². The number of aliphatic hydroxyl groups excluding tert-OH is 1. The first-order valence-electron chi connectivity index (χ1n) is 5.84. The first kappa shape index (κ1) is 12.2. The highest BCUT2D eigenvalue weighted by Crippen LogP contribution is 2.50. The lowest BCUT2D eigenvalue weighted by molar-refractivity contribution is 0.0736. The van der Waals surface area contributed by atoms with Crippen LogP contribution in [0.3, 0.4) is 0 Å². The molecule has 3 heteroatoms. The molecule has 0 aromatic carbocycles. The number of methoxy groups -OCH3 is 1. The standard InChI is InChI=1S/C13H19ClO2/c1-13(2,16-3)5-4-8-6-9-7-10(8)11(14)12(9)15/h8-12,15H,6-7H2,1-3H3. The summed E-state index contributed by atoms with van der Waals surface area (Å²) in [6.07, 6.45) is 1.70. The molecule has 0 spiro atoms. The number of alkyl halides is 1. The molecule has 2 nitrogen and oxygen atoms in total. The number of hydrogen-bond donors (Lipinski definition) is 1. The minimum atomic E-state index is -0.387. The Hall–Kier alpha value is -0.230. The van der Waals surface area contributed by atoms with Crippen LogP contribution < -0.4 is 0 Å². The molecule has 2 rings (SSSR count). The molecule has 0 radical (unpaired) electrons. The van der Waals surface area contributed by atoms with E-state index in [1.165, 1.54) is 0 Å². The fraction of sp³-hybridized carbons (Fsp3) is 0.846. The molecule has 0 saturated heterocycles. The molecule has 5 atom stereocenters. The van der Waals surface area contributed by atoms with Crippen LogP contribution in [-0.2, 0) is 4.74 Å². The smallest absolute Gasteiger partial charge is 0.122 e. The molecule has 0 aromatic rings. The van der Waals surface area contributed by atoms with Crippen molar-refractivity contribution in [3.05, 3.63) is 0 Å². The Morgan fingerprint density at radius 2 is 2.06 bits per heavy atom. The van der Waals surface area contributed by atoms with Gasteiger partial charge in [0.1, 0.15) is 5.60 Å². The zero-order valence-corrected chi connectivity index (χ0v) is 10.8. The number of aliphatic hydroxyl groups is 1. The summed E-state index contributed by atoms with van der Waals surface area (Å²) in [5, 5.41) is 9.67. The van der Waals surface area contributed by atoms with Crippen molar-refractivity contribution in [1.29, 1.82) is 0 Å². The van der Waals surface area contributed by atoms with Gasteiger partial charge in [-0.3, -0.25) is 0 Å². The van der Waals surface area contributed by atoms with Gasteiger partial charge >= 0.3 is 0 Å². The molecular weight excluding hydrogens is 224 g/mol. The minimum absolute atomic E-state index is 0.108. The average molecular weight is 243 g/mol. The molecule has 2 aliphatic carbocycles. The number of hydrogen-bond acceptors (Lipinski definition) is 2. The molecule has 2 fully saturated rings. The summed E-state index contributed by atoms with van der Waals surface area (Å²) < 4.78 is 5.27. The second kappa shape index (κ2) is 4.22. The first-order valence-corrected chi connectivity index (χ1v) is 6.28. The van der Waals surface area contributed by atoms with E-state index >= 15 is 0 Å². The van der Waals surface area contributed by atoms with Crippen LogP contribution in [0.25, 0.3) is 0 Å². The highest BCUT2D eigenvalue weighted by atomic mass is 35.5. The van der Waals surface area contributed by atoms with Gasteiger partial charge in [0.25, 0.3) is 0 Å². The van der Waals surface area contributed by atoms with Crippen LogP contribution in [0.4, 0.5) is 0 Å². The van der Waals surface area contributed by atoms with Crippen molar-refractivity contribution in [2.24, 2.45) is 17.8 Å². The predicted octanol–water partition coefficient (Wildman–Crippen LogP) is 2.04. The SMILES string of the molecule is COC(C)(C)C#CC1CC2CC1C(Cl)C2O. The summed E-state index contributed by atoms with van der Waals surface area (Å²) in [7, 11) is 1.67. The van der Waals surface area contributed by atoms with Gasteiger partial charge in [0.15, 0.2) is 0 Å². The van der Waals surface area contributed by atoms with Crippen molar-refractivity contribution in [1.82, 2.24) is 0 Å². The number of halogens is 1. The summed E-state index contributed by atoms with van der Waals surface area (Å²) in [4.78, 5) is 0. The summed E-state index contributed by atoms with van der Waals surface area (Å²) in [6.45, 7) is 3.92. The molecule has 0 aromatic heterocycles. The second-order valence-electron chi connectivity index (χ2n) is 5.42. The first-order chi connectivity index (χ1) is 7.44. The van der Waals surface area contributed by atoms with Crippen molar-refractivity contribution in [2.45, 2.75) is 43.8 Å². The Kier molecular flexibility index (Phi) is 3.22. The number of rotatable bonds is 1. The van der Waals surface area contributed by atoms with Crippen LogP contribution in [-0.4, -0.2) is 29.3 Å². The van der Waals surface area contributed by atoms with Crippen molar-refractivity contribution in [2.75, 3.05) is 7.11 Å². The van der Waals surface area contributed by atoms with E-state index in [0.29, 0.717) is 17.8 Å². The van der Waals surface area contributed by atoms with E-state index in [0.717, 1.165) is 12.8 Å². The predicted molar refractivity (Wildman–Crippen MR) is 64.2 cm³/mol. The molecule has 90 valence electrons. The quantitative estimate of drug-likeness (QED) is 0.563. The van der Waals surface area contributed by atoms with E-state index in [-0.39, 0.29) is 17.1 Å². The van der Waals surface area contributed by atoms with Crippen LogP contribution in [0.1, 0.15) is 26.7 Å². The van der Waals surface area contributed by atoms with E-state index < -0.39 is 0 Å². The Labute approximate surface area is 102 Å². The molecule has 2 aliphatic rings. The van der Waals surface area contributed by atoms with Gasteiger partial charge in [-0.05, 0) is 38.5 Å².